The zero-order chi connectivity index (χ0) is 27.2. The summed E-state index contributed by atoms with van der Waals surface area (Å²) in [6.07, 6.45) is 1.07. The van der Waals surface area contributed by atoms with Crippen LogP contribution < -0.4 is 9.64 Å². The molecule has 1 fully saturated rings. The number of carboxylic acids is 1. The van der Waals surface area contributed by atoms with Crippen molar-refractivity contribution in [2.24, 2.45) is 0 Å². The highest BCUT2D eigenvalue weighted by Gasteiger charge is 2.29. The van der Waals surface area contributed by atoms with Crippen molar-refractivity contribution >= 4 is 23.3 Å². The second kappa shape index (κ2) is 12.4. The van der Waals surface area contributed by atoms with E-state index >= 15 is 0 Å². The van der Waals surface area contributed by atoms with Crippen LogP contribution in [0.25, 0.3) is 11.5 Å². The molecule has 0 radical (unpaired) electrons. The Hall–Kier alpha value is -3.81. The molecule has 5 rings (SSSR count). The first-order chi connectivity index (χ1) is 19.0. The Bertz CT molecular complexity index is 1380. The van der Waals surface area contributed by atoms with Gasteiger partial charge in [-0.15, -0.1) is 0 Å². The van der Waals surface area contributed by atoms with Gasteiger partial charge in [-0.3, -0.25) is 9.69 Å². The number of nitrogens with zero attached hydrogens (tertiary/aromatic N) is 3. The number of rotatable bonds is 10. The van der Waals surface area contributed by atoms with Crippen molar-refractivity contribution < 1.29 is 19.1 Å². The van der Waals surface area contributed by atoms with Crippen LogP contribution in [0.4, 0.5) is 5.69 Å². The second-order valence-corrected chi connectivity index (χ2v) is 10.1. The van der Waals surface area contributed by atoms with Crippen molar-refractivity contribution in [3.8, 4) is 17.2 Å². The maximum atomic E-state index is 12.2. The highest BCUT2D eigenvalue weighted by Crippen LogP contribution is 2.24. The molecular weight excluding hydrogens is 514 g/mol. The van der Waals surface area contributed by atoms with Crippen LogP contribution in [-0.2, 0) is 17.6 Å². The van der Waals surface area contributed by atoms with Crippen molar-refractivity contribution in [3.63, 3.8) is 0 Å². The predicted molar refractivity (Wildman–Crippen MR) is 153 cm³/mol. The number of halogens is 1. The van der Waals surface area contributed by atoms with Crippen molar-refractivity contribution in [1.82, 2.24) is 9.88 Å². The van der Waals surface area contributed by atoms with Crippen LogP contribution in [0, 0.1) is 6.92 Å². The number of hydrogen-bond acceptors (Lipinski definition) is 6. The van der Waals surface area contributed by atoms with E-state index in [0.29, 0.717) is 43.5 Å². The van der Waals surface area contributed by atoms with E-state index in [1.165, 1.54) is 0 Å². The van der Waals surface area contributed by atoms with Crippen molar-refractivity contribution in [3.05, 3.63) is 101 Å². The van der Waals surface area contributed by atoms with Crippen LogP contribution in [0.5, 0.6) is 5.75 Å². The van der Waals surface area contributed by atoms with Gasteiger partial charge in [0.15, 0.2) is 0 Å². The number of ether oxygens (including phenoxy) is 1. The van der Waals surface area contributed by atoms with Gasteiger partial charge in [-0.05, 0) is 61.4 Å². The lowest BCUT2D eigenvalue weighted by Gasteiger charge is -2.39. The molecule has 1 N–H and O–H groups in total. The summed E-state index contributed by atoms with van der Waals surface area (Å²) in [5, 5.41) is 10.7. The minimum atomic E-state index is -0.801. The standard InChI is InChI=1S/C31H32ClN3O4/c1-22-28(33-30(39-22)24-6-3-2-4-7-24)14-19-38-27-12-10-23(11-13-27)20-29(31(36)37)35-17-15-34(16-18-35)26-9-5-8-25(32)21-26/h2-13,21,29H,14-20H2,1H3,(H,36,37)/t29-/m0/s1. The lowest BCUT2D eigenvalue weighted by molar-refractivity contribution is -0.143. The third kappa shape index (κ3) is 6.80. The molecule has 7 nitrogen and oxygen atoms in total. The van der Waals surface area contributed by atoms with Gasteiger partial charge in [0.25, 0.3) is 0 Å². The number of carboxylic acid groups (broad SMARTS) is 1. The fraction of sp³-hybridized carbons (Fsp3) is 0.290. The van der Waals surface area contributed by atoms with E-state index in [4.69, 9.17) is 20.8 Å². The van der Waals surface area contributed by atoms with Gasteiger partial charge in [-0.25, -0.2) is 4.98 Å². The molecule has 1 aliphatic rings. The molecule has 2 heterocycles. The summed E-state index contributed by atoms with van der Waals surface area (Å²) in [6, 6.07) is 24.7. The lowest BCUT2D eigenvalue weighted by Crippen LogP contribution is -2.53. The van der Waals surface area contributed by atoms with E-state index in [9.17, 15) is 9.90 Å². The van der Waals surface area contributed by atoms with Crippen molar-refractivity contribution in [1.29, 1.82) is 0 Å². The Balaban J connectivity index is 1.12. The first-order valence-corrected chi connectivity index (χ1v) is 13.5. The number of piperazine rings is 1. The van der Waals surface area contributed by atoms with Crippen LogP contribution in [-0.4, -0.2) is 59.8 Å². The summed E-state index contributed by atoms with van der Waals surface area (Å²) in [4.78, 5) is 21.1. The zero-order valence-electron chi connectivity index (χ0n) is 21.9. The molecule has 0 aliphatic carbocycles. The number of oxazole rings is 1. The molecule has 0 bridgehead atoms. The highest BCUT2D eigenvalue weighted by atomic mass is 35.5. The molecule has 4 aromatic rings. The molecule has 1 atom stereocenters. The molecule has 0 unspecified atom stereocenters. The normalized spacial score (nSPS) is 14.8. The van der Waals surface area contributed by atoms with Gasteiger partial charge >= 0.3 is 5.97 Å². The van der Waals surface area contributed by atoms with E-state index < -0.39 is 12.0 Å². The van der Waals surface area contributed by atoms with Crippen LogP contribution in [0.2, 0.25) is 5.02 Å². The van der Waals surface area contributed by atoms with Crippen LogP contribution in [0.3, 0.4) is 0 Å². The highest BCUT2D eigenvalue weighted by molar-refractivity contribution is 6.30. The Morgan fingerprint density at radius 1 is 1.03 bits per heavy atom. The van der Waals surface area contributed by atoms with E-state index in [1.807, 2.05) is 85.8 Å². The minimum Gasteiger partial charge on any atom is -0.493 e. The number of anilines is 1. The molecule has 39 heavy (non-hydrogen) atoms. The number of benzene rings is 3. The predicted octanol–water partition coefficient (Wildman–Crippen LogP) is 5.74. The van der Waals surface area contributed by atoms with Gasteiger partial charge in [-0.2, -0.15) is 0 Å². The van der Waals surface area contributed by atoms with Crippen LogP contribution >= 0.6 is 11.6 Å². The van der Waals surface area contributed by atoms with E-state index in [0.717, 1.165) is 47.1 Å². The summed E-state index contributed by atoms with van der Waals surface area (Å²) in [5.74, 6) is 1.35. The quantitative estimate of drug-likeness (QED) is 0.272. The SMILES string of the molecule is Cc1oc(-c2ccccc2)nc1CCOc1ccc(C[C@@H](C(=O)O)N2CCN(c3cccc(Cl)c3)CC2)cc1. The molecule has 0 saturated carbocycles. The fourth-order valence-electron chi connectivity index (χ4n) is 4.91. The molecular formula is C31H32ClN3O4. The summed E-state index contributed by atoms with van der Waals surface area (Å²) < 4.78 is 11.8. The molecule has 1 aromatic heterocycles. The van der Waals surface area contributed by atoms with Gasteiger partial charge < -0.3 is 19.2 Å². The molecule has 3 aromatic carbocycles. The van der Waals surface area contributed by atoms with Gasteiger partial charge in [0.1, 0.15) is 17.6 Å². The Labute approximate surface area is 233 Å². The van der Waals surface area contributed by atoms with Gasteiger partial charge in [0.2, 0.25) is 5.89 Å². The maximum absolute atomic E-state index is 12.2. The van der Waals surface area contributed by atoms with Crippen molar-refractivity contribution in [2.45, 2.75) is 25.8 Å². The maximum Gasteiger partial charge on any atom is 0.321 e. The third-order valence-corrected chi connectivity index (χ3v) is 7.32. The van der Waals surface area contributed by atoms with Gasteiger partial charge in [0.05, 0.1) is 12.3 Å². The first-order valence-electron chi connectivity index (χ1n) is 13.2. The molecule has 1 aliphatic heterocycles. The zero-order valence-corrected chi connectivity index (χ0v) is 22.7. The van der Waals surface area contributed by atoms with E-state index in [-0.39, 0.29) is 0 Å². The smallest absolute Gasteiger partial charge is 0.321 e. The number of hydrogen-bond donors (Lipinski definition) is 1. The minimum absolute atomic E-state index is 0.438. The van der Waals surface area contributed by atoms with E-state index in [2.05, 4.69) is 14.8 Å². The number of aliphatic carboxylic acids is 1. The number of carbonyl (C=O) groups is 1. The molecule has 8 heteroatoms. The molecule has 0 amide bonds. The summed E-state index contributed by atoms with van der Waals surface area (Å²) in [7, 11) is 0. The Kier molecular flexibility index (Phi) is 8.49. The summed E-state index contributed by atoms with van der Waals surface area (Å²) in [6.45, 7) is 5.26. The van der Waals surface area contributed by atoms with Gasteiger partial charge in [0, 0.05) is 48.9 Å². The lowest BCUT2D eigenvalue weighted by atomic mass is 10.0. The topological polar surface area (TPSA) is 79.0 Å². The van der Waals surface area contributed by atoms with Gasteiger partial charge in [-0.1, -0.05) is 48.0 Å². The second-order valence-electron chi connectivity index (χ2n) is 9.69. The summed E-state index contributed by atoms with van der Waals surface area (Å²) in [5.41, 5.74) is 3.86. The summed E-state index contributed by atoms with van der Waals surface area (Å²) >= 11 is 6.14. The fourth-order valence-corrected chi connectivity index (χ4v) is 5.10. The average Bonchev–Trinajstić information content (AvgIpc) is 3.33. The first kappa shape index (κ1) is 26.8. The van der Waals surface area contributed by atoms with Crippen molar-refractivity contribution in [2.75, 3.05) is 37.7 Å². The Morgan fingerprint density at radius 3 is 2.46 bits per heavy atom. The molecule has 0 spiro atoms. The van der Waals surface area contributed by atoms with E-state index in [1.54, 1.807) is 0 Å². The van der Waals surface area contributed by atoms with Crippen LogP contribution in [0.1, 0.15) is 17.0 Å². The number of aryl methyl sites for hydroxylation is 1. The largest absolute Gasteiger partial charge is 0.493 e. The van der Waals surface area contributed by atoms with Crippen LogP contribution in [0.15, 0.2) is 83.3 Å². The monoisotopic (exact) mass is 545 g/mol. The third-order valence-electron chi connectivity index (χ3n) is 7.09. The average molecular weight is 546 g/mol. The number of aromatic nitrogens is 1. The molecule has 202 valence electrons. The Morgan fingerprint density at radius 2 is 1.77 bits per heavy atom. The molecule has 1 saturated heterocycles.